The van der Waals surface area contributed by atoms with Gasteiger partial charge in [-0.15, -0.1) is 11.3 Å². The highest BCUT2D eigenvalue weighted by atomic mass is 32.1. The molecule has 1 unspecified atom stereocenters. The molecular weight excluding hydrogens is 254 g/mol. The van der Waals surface area contributed by atoms with Crippen molar-refractivity contribution in [3.8, 4) is 0 Å². The van der Waals surface area contributed by atoms with Gasteiger partial charge in [-0.2, -0.15) is 0 Å². The zero-order chi connectivity index (χ0) is 13.5. The summed E-state index contributed by atoms with van der Waals surface area (Å²) in [5.74, 6) is -1.13. The fourth-order valence-electron chi connectivity index (χ4n) is 1.24. The normalized spacial score (nSPS) is 12.4. The zero-order valence-electron chi connectivity index (χ0n) is 10.2. The second kappa shape index (κ2) is 6.93. The van der Waals surface area contributed by atoms with Crippen LogP contribution in [0.25, 0.3) is 6.08 Å². The average molecular weight is 269 g/mol. The number of methoxy groups -OCH3 is 1. The molecule has 1 atom stereocenters. The van der Waals surface area contributed by atoms with Crippen molar-refractivity contribution >= 4 is 29.3 Å². The molecule has 1 aromatic heterocycles. The summed E-state index contributed by atoms with van der Waals surface area (Å²) in [5.41, 5.74) is 0. The Bertz CT molecular complexity index is 453. The van der Waals surface area contributed by atoms with Gasteiger partial charge in [-0.05, 0) is 25.1 Å². The van der Waals surface area contributed by atoms with Gasteiger partial charge in [0.2, 0.25) is 5.91 Å². The third-order valence-electron chi connectivity index (χ3n) is 2.14. The van der Waals surface area contributed by atoms with Gasteiger partial charge in [0.15, 0.2) is 6.04 Å². The number of hydrogen-bond acceptors (Lipinski definition) is 5. The van der Waals surface area contributed by atoms with Gasteiger partial charge in [0.05, 0.1) is 13.7 Å². The minimum absolute atomic E-state index is 0.453. The zero-order valence-corrected chi connectivity index (χ0v) is 11.0. The van der Waals surface area contributed by atoms with Gasteiger partial charge in [0.25, 0.3) is 0 Å². The molecule has 1 aromatic rings. The van der Waals surface area contributed by atoms with Crippen molar-refractivity contribution in [2.75, 3.05) is 13.7 Å². The van der Waals surface area contributed by atoms with Crippen molar-refractivity contribution in [3.05, 3.63) is 28.0 Å². The standard InChI is InChI=1S/C12H15NO4S/c1-8-3-4-9(18-8)5-6-11(15)13-10(7-14)12(16)17-2/h3-6,10,14H,7H2,1-2H3,(H,13,15)/b6-5+. The Balaban J connectivity index is 2.55. The van der Waals surface area contributed by atoms with E-state index in [1.807, 2.05) is 19.1 Å². The molecule has 0 bridgehead atoms. The number of rotatable bonds is 5. The molecule has 2 N–H and O–H groups in total. The third kappa shape index (κ3) is 4.31. The van der Waals surface area contributed by atoms with Crippen LogP contribution in [-0.4, -0.2) is 36.7 Å². The number of aryl methyl sites for hydroxylation is 1. The third-order valence-corrected chi connectivity index (χ3v) is 3.11. The van der Waals surface area contributed by atoms with Gasteiger partial charge in [-0.3, -0.25) is 4.79 Å². The molecule has 0 aromatic carbocycles. The molecule has 6 heteroatoms. The molecule has 1 heterocycles. The Labute approximate surface area is 109 Å². The van der Waals surface area contributed by atoms with Gasteiger partial charge >= 0.3 is 5.97 Å². The van der Waals surface area contributed by atoms with E-state index in [0.29, 0.717) is 0 Å². The second-order valence-electron chi connectivity index (χ2n) is 3.55. The monoisotopic (exact) mass is 269 g/mol. The van der Waals surface area contributed by atoms with Gasteiger partial charge in [-0.25, -0.2) is 4.79 Å². The van der Waals surface area contributed by atoms with E-state index < -0.39 is 24.5 Å². The Kier molecular flexibility index (Phi) is 5.54. The molecule has 18 heavy (non-hydrogen) atoms. The Morgan fingerprint density at radius 2 is 2.28 bits per heavy atom. The van der Waals surface area contributed by atoms with E-state index >= 15 is 0 Å². The van der Waals surface area contributed by atoms with Gasteiger partial charge in [0, 0.05) is 15.8 Å². The van der Waals surface area contributed by atoms with E-state index in [1.165, 1.54) is 13.2 Å². The summed E-state index contributed by atoms with van der Waals surface area (Å²) >= 11 is 1.56. The van der Waals surface area contributed by atoms with Crippen LogP contribution in [0.3, 0.4) is 0 Å². The lowest BCUT2D eigenvalue weighted by atomic mass is 10.3. The van der Waals surface area contributed by atoms with Crippen molar-refractivity contribution in [1.82, 2.24) is 5.32 Å². The summed E-state index contributed by atoms with van der Waals surface area (Å²) in [6, 6.07) is 2.82. The molecule has 0 aliphatic carbocycles. The highest BCUT2D eigenvalue weighted by Gasteiger charge is 2.18. The summed E-state index contributed by atoms with van der Waals surface area (Å²) < 4.78 is 4.43. The fourth-order valence-corrected chi connectivity index (χ4v) is 2.02. The summed E-state index contributed by atoms with van der Waals surface area (Å²) in [5, 5.41) is 11.3. The van der Waals surface area contributed by atoms with Crippen molar-refractivity contribution in [2.45, 2.75) is 13.0 Å². The van der Waals surface area contributed by atoms with E-state index in [4.69, 9.17) is 5.11 Å². The molecule has 0 saturated heterocycles. The maximum absolute atomic E-state index is 11.5. The SMILES string of the molecule is COC(=O)C(CO)NC(=O)/C=C/c1ccc(C)s1. The predicted molar refractivity (Wildman–Crippen MR) is 69.1 cm³/mol. The van der Waals surface area contributed by atoms with E-state index in [1.54, 1.807) is 17.4 Å². The molecule has 0 spiro atoms. The van der Waals surface area contributed by atoms with Crippen molar-refractivity contribution in [3.63, 3.8) is 0 Å². The van der Waals surface area contributed by atoms with E-state index in [-0.39, 0.29) is 0 Å². The number of nitrogens with one attached hydrogen (secondary N) is 1. The summed E-state index contributed by atoms with van der Waals surface area (Å²) in [7, 11) is 1.20. The van der Waals surface area contributed by atoms with Crippen LogP contribution >= 0.6 is 11.3 Å². The maximum Gasteiger partial charge on any atom is 0.330 e. The first kappa shape index (κ1) is 14.4. The van der Waals surface area contributed by atoms with E-state index in [0.717, 1.165) is 9.75 Å². The average Bonchev–Trinajstić information content (AvgIpc) is 2.78. The number of carbonyl (C=O) groups is 2. The number of hydrogen-bond donors (Lipinski definition) is 2. The summed E-state index contributed by atoms with van der Waals surface area (Å²) in [6.07, 6.45) is 2.97. The van der Waals surface area contributed by atoms with Crippen LogP contribution < -0.4 is 5.32 Å². The Morgan fingerprint density at radius 3 is 2.78 bits per heavy atom. The van der Waals surface area contributed by atoms with Crippen LogP contribution in [0.15, 0.2) is 18.2 Å². The van der Waals surface area contributed by atoms with Crippen LogP contribution in [0, 0.1) is 6.92 Å². The van der Waals surface area contributed by atoms with Crippen molar-refractivity contribution in [1.29, 1.82) is 0 Å². The topological polar surface area (TPSA) is 75.6 Å². The quantitative estimate of drug-likeness (QED) is 0.610. The molecule has 98 valence electrons. The molecule has 0 radical (unpaired) electrons. The lowest BCUT2D eigenvalue weighted by Gasteiger charge is -2.11. The largest absolute Gasteiger partial charge is 0.467 e. The Hall–Kier alpha value is -1.66. The first-order valence-corrected chi connectivity index (χ1v) is 6.12. The van der Waals surface area contributed by atoms with Crippen LogP contribution in [0.4, 0.5) is 0 Å². The first-order chi connectivity index (χ1) is 8.56. The fraction of sp³-hybridized carbons (Fsp3) is 0.333. The molecule has 0 fully saturated rings. The highest BCUT2D eigenvalue weighted by Crippen LogP contribution is 2.16. The lowest BCUT2D eigenvalue weighted by Crippen LogP contribution is -2.43. The molecule has 0 saturated carbocycles. The highest BCUT2D eigenvalue weighted by molar-refractivity contribution is 7.12. The van der Waals surface area contributed by atoms with Gasteiger partial charge in [0.1, 0.15) is 0 Å². The smallest absolute Gasteiger partial charge is 0.330 e. The number of thiophene rings is 1. The first-order valence-electron chi connectivity index (χ1n) is 5.30. The van der Waals surface area contributed by atoms with Crippen LogP contribution in [0.5, 0.6) is 0 Å². The number of carbonyl (C=O) groups excluding carboxylic acids is 2. The van der Waals surface area contributed by atoms with E-state index in [9.17, 15) is 9.59 Å². The summed E-state index contributed by atoms with van der Waals surface area (Å²) in [6.45, 7) is 1.48. The van der Waals surface area contributed by atoms with Crippen LogP contribution in [-0.2, 0) is 14.3 Å². The number of amides is 1. The minimum atomic E-state index is -1.03. The van der Waals surface area contributed by atoms with Crippen molar-refractivity contribution < 1.29 is 19.4 Å². The number of esters is 1. The maximum atomic E-state index is 11.5. The molecule has 1 rings (SSSR count). The molecule has 5 nitrogen and oxygen atoms in total. The number of ether oxygens (including phenoxy) is 1. The van der Waals surface area contributed by atoms with Crippen LogP contribution in [0.1, 0.15) is 9.75 Å². The number of aliphatic hydroxyl groups excluding tert-OH is 1. The van der Waals surface area contributed by atoms with Crippen LogP contribution in [0.2, 0.25) is 0 Å². The molecule has 0 aliphatic rings. The Morgan fingerprint density at radius 1 is 1.56 bits per heavy atom. The molecule has 1 amide bonds. The number of aliphatic hydroxyl groups is 1. The molecule has 0 aliphatic heterocycles. The second-order valence-corrected chi connectivity index (χ2v) is 4.87. The summed E-state index contributed by atoms with van der Waals surface area (Å²) in [4.78, 5) is 24.7. The van der Waals surface area contributed by atoms with Gasteiger partial charge < -0.3 is 15.2 Å². The van der Waals surface area contributed by atoms with Crippen molar-refractivity contribution in [2.24, 2.45) is 0 Å². The molecular formula is C12H15NO4S. The predicted octanol–water partition coefficient (Wildman–Crippen LogP) is 0.720. The van der Waals surface area contributed by atoms with E-state index in [2.05, 4.69) is 10.1 Å². The lowest BCUT2D eigenvalue weighted by molar-refractivity contribution is -0.145. The van der Waals surface area contributed by atoms with Gasteiger partial charge in [-0.1, -0.05) is 0 Å². The minimum Gasteiger partial charge on any atom is -0.467 e.